The molecular formula is C19H28N6O. The summed E-state index contributed by atoms with van der Waals surface area (Å²) >= 11 is 0. The molecule has 2 aliphatic rings. The zero-order chi connectivity index (χ0) is 18.3. The van der Waals surface area contributed by atoms with Gasteiger partial charge in [0.15, 0.2) is 5.69 Å². The SMILES string of the molecule is Cc1nn(C)c(C)c1CN1CCn2nc(C(=O)NC3CCCC3)cc2C1. The molecule has 0 bridgehead atoms. The third-order valence-electron chi connectivity index (χ3n) is 5.84. The average Bonchev–Trinajstić information content (AvgIpc) is 3.31. The normalized spacial score (nSPS) is 18.3. The van der Waals surface area contributed by atoms with E-state index in [0.717, 1.165) is 50.4 Å². The summed E-state index contributed by atoms with van der Waals surface area (Å²) in [5.74, 6) is -0.0238. The number of rotatable bonds is 4. The van der Waals surface area contributed by atoms with Crippen LogP contribution in [0, 0.1) is 13.8 Å². The predicted octanol–water partition coefficient (Wildman–Crippen LogP) is 1.92. The maximum atomic E-state index is 12.5. The van der Waals surface area contributed by atoms with E-state index in [9.17, 15) is 4.79 Å². The molecule has 2 aromatic heterocycles. The van der Waals surface area contributed by atoms with Crippen LogP contribution in [-0.2, 0) is 26.7 Å². The Balaban J connectivity index is 1.43. The summed E-state index contributed by atoms with van der Waals surface area (Å²) in [4.78, 5) is 14.9. The van der Waals surface area contributed by atoms with Gasteiger partial charge >= 0.3 is 0 Å². The molecule has 2 aromatic rings. The molecule has 7 nitrogen and oxygen atoms in total. The van der Waals surface area contributed by atoms with Gasteiger partial charge in [0.2, 0.25) is 0 Å². The van der Waals surface area contributed by atoms with Crippen molar-refractivity contribution in [1.29, 1.82) is 0 Å². The molecular weight excluding hydrogens is 328 g/mol. The van der Waals surface area contributed by atoms with Crippen molar-refractivity contribution in [2.24, 2.45) is 7.05 Å². The zero-order valence-corrected chi connectivity index (χ0v) is 16.0. The number of nitrogens with zero attached hydrogens (tertiary/aromatic N) is 5. The lowest BCUT2D eigenvalue weighted by molar-refractivity contribution is 0.0931. The number of carbonyl (C=O) groups excluding carboxylic acids is 1. The van der Waals surface area contributed by atoms with Crippen molar-refractivity contribution in [3.8, 4) is 0 Å². The van der Waals surface area contributed by atoms with Crippen molar-refractivity contribution < 1.29 is 4.79 Å². The lowest BCUT2D eigenvalue weighted by Crippen LogP contribution is -2.34. The topological polar surface area (TPSA) is 68.0 Å². The van der Waals surface area contributed by atoms with Crippen LogP contribution in [0.15, 0.2) is 6.07 Å². The Labute approximate surface area is 154 Å². The third-order valence-corrected chi connectivity index (χ3v) is 5.84. The maximum absolute atomic E-state index is 12.5. The van der Waals surface area contributed by atoms with Gasteiger partial charge in [0.1, 0.15) is 0 Å². The molecule has 0 saturated heterocycles. The monoisotopic (exact) mass is 356 g/mol. The van der Waals surface area contributed by atoms with Crippen molar-refractivity contribution in [3.05, 3.63) is 34.4 Å². The molecule has 3 heterocycles. The molecule has 7 heteroatoms. The van der Waals surface area contributed by atoms with Gasteiger partial charge in [0.25, 0.3) is 5.91 Å². The van der Waals surface area contributed by atoms with Crippen molar-refractivity contribution >= 4 is 5.91 Å². The van der Waals surface area contributed by atoms with Gasteiger partial charge in [-0.05, 0) is 32.8 Å². The minimum Gasteiger partial charge on any atom is -0.348 e. The van der Waals surface area contributed by atoms with E-state index in [1.165, 1.54) is 24.1 Å². The molecule has 1 aliphatic heterocycles. The Hall–Kier alpha value is -2.15. The van der Waals surface area contributed by atoms with Crippen molar-refractivity contribution in [2.75, 3.05) is 6.54 Å². The first-order valence-electron chi connectivity index (χ1n) is 9.60. The summed E-state index contributed by atoms with van der Waals surface area (Å²) in [6, 6.07) is 2.29. The van der Waals surface area contributed by atoms with Crippen LogP contribution in [0.1, 0.15) is 58.8 Å². The maximum Gasteiger partial charge on any atom is 0.272 e. The smallest absolute Gasteiger partial charge is 0.272 e. The molecule has 0 atom stereocenters. The second kappa shape index (κ2) is 6.87. The summed E-state index contributed by atoms with van der Waals surface area (Å²) in [5, 5.41) is 12.2. The molecule has 0 spiro atoms. The third kappa shape index (κ3) is 3.28. The molecule has 1 N–H and O–H groups in total. The highest BCUT2D eigenvalue weighted by Gasteiger charge is 2.24. The summed E-state index contributed by atoms with van der Waals surface area (Å²) in [6.07, 6.45) is 4.62. The number of aryl methyl sites for hydroxylation is 2. The van der Waals surface area contributed by atoms with E-state index in [0.29, 0.717) is 11.7 Å². The van der Waals surface area contributed by atoms with Crippen LogP contribution in [0.25, 0.3) is 0 Å². The highest BCUT2D eigenvalue weighted by atomic mass is 16.2. The highest BCUT2D eigenvalue weighted by molar-refractivity contribution is 5.92. The van der Waals surface area contributed by atoms with Gasteiger partial charge in [-0.25, -0.2) is 0 Å². The van der Waals surface area contributed by atoms with Gasteiger partial charge in [-0.1, -0.05) is 12.8 Å². The lowest BCUT2D eigenvalue weighted by Gasteiger charge is -2.27. The van der Waals surface area contributed by atoms with Crippen LogP contribution in [0.5, 0.6) is 0 Å². The first-order chi connectivity index (χ1) is 12.5. The number of aromatic nitrogens is 4. The van der Waals surface area contributed by atoms with E-state index < -0.39 is 0 Å². The van der Waals surface area contributed by atoms with Gasteiger partial charge < -0.3 is 5.32 Å². The number of nitrogens with one attached hydrogen (secondary N) is 1. The highest BCUT2D eigenvalue weighted by Crippen LogP contribution is 2.21. The van der Waals surface area contributed by atoms with Gasteiger partial charge in [0, 0.05) is 44.0 Å². The number of hydrogen-bond acceptors (Lipinski definition) is 4. The van der Waals surface area contributed by atoms with E-state index in [1.54, 1.807) is 0 Å². The Kier molecular flexibility index (Phi) is 4.56. The fourth-order valence-electron chi connectivity index (χ4n) is 4.17. The summed E-state index contributed by atoms with van der Waals surface area (Å²) in [5.41, 5.74) is 5.30. The second-order valence-corrected chi connectivity index (χ2v) is 7.68. The summed E-state index contributed by atoms with van der Waals surface area (Å²) in [7, 11) is 1.99. The lowest BCUT2D eigenvalue weighted by atomic mass is 10.1. The standard InChI is InChI=1S/C19H28N6O/c1-13-17(14(2)23(3)21-13)12-24-8-9-25-16(11-24)10-18(22-25)19(26)20-15-6-4-5-7-15/h10,15H,4-9,11-12H2,1-3H3,(H,20,26). The molecule has 0 unspecified atom stereocenters. The molecule has 140 valence electrons. The second-order valence-electron chi connectivity index (χ2n) is 7.68. The van der Waals surface area contributed by atoms with E-state index in [-0.39, 0.29) is 5.91 Å². The quantitative estimate of drug-likeness (QED) is 0.909. The number of hydrogen-bond donors (Lipinski definition) is 1. The summed E-state index contributed by atoms with van der Waals surface area (Å²) in [6.45, 7) is 7.66. The van der Waals surface area contributed by atoms with Crippen molar-refractivity contribution in [2.45, 2.75) is 65.2 Å². The van der Waals surface area contributed by atoms with Gasteiger partial charge in [-0.3, -0.25) is 19.1 Å². The van der Waals surface area contributed by atoms with Crippen LogP contribution in [-0.4, -0.2) is 43.0 Å². The largest absolute Gasteiger partial charge is 0.348 e. The van der Waals surface area contributed by atoms with Gasteiger partial charge in [-0.15, -0.1) is 0 Å². The van der Waals surface area contributed by atoms with E-state index in [4.69, 9.17) is 0 Å². The Bertz CT molecular complexity index is 814. The number of fused-ring (bicyclic) bond motifs is 1. The molecule has 1 saturated carbocycles. The molecule has 1 fully saturated rings. The van der Waals surface area contributed by atoms with E-state index >= 15 is 0 Å². The summed E-state index contributed by atoms with van der Waals surface area (Å²) < 4.78 is 3.94. The molecule has 26 heavy (non-hydrogen) atoms. The zero-order valence-electron chi connectivity index (χ0n) is 16.0. The first kappa shape index (κ1) is 17.3. The Morgan fingerprint density at radius 1 is 1.23 bits per heavy atom. The fraction of sp³-hybridized carbons (Fsp3) is 0.632. The van der Waals surface area contributed by atoms with Crippen LogP contribution in [0.2, 0.25) is 0 Å². The predicted molar refractivity (Wildman–Crippen MR) is 98.7 cm³/mol. The van der Waals surface area contributed by atoms with Crippen LogP contribution in [0.3, 0.4) is 0 Å². The molecule has 1 amide bonds. The van der Waals surface area contributed by atoms with Gasteiger partial charge in [0.05, 0.1) is 17.9 Å². The van der Waals surface area contributed by atoms with Crippen LogP contribution >= 0.6 is 0 Å². The fourth-order valence-corrected chi connectivity index (χ4v) is 4.17. The van der Waals surface area contributed by atoms with Crippen molar-refractivity contribution in [1.82, 2.24) is 29.8 Å². The molecule has 0 aromatic carbocycles. The van der Waals surface area contributed by atoms with Crippen LogP contribution < -0.4 is 5.32 Å². The number of carbonyl (C=O) groups is 1. The molecule has 4 rings (SSSR count). The van der Waals surface area contributed by atoms with Gasteiger partial charge in [-0.2, -0.15) is 10.2 Å². The Morgan fingerprint density at radius 2 is 2.00 bits per heavy atom. The van der Waals surface area contributed by atoms with E-state index in [1.807, 2.05) is 22.5 Å². The minimum atomic E-state index is -0.0238. The average molecular weight is 356 g/mol. The van der Waals surface area contributed by atoms with E-state index in [2.05, 4.69) is 34.3 Å². The Morgan fingerprint density at radius 3 is 2.69 bits per heavy atom. The number of amides is 1. The first-order valence-corrected chi connectivity index (χ1v) is 9.60. The molecule has 1 aliphatic carbocycles. The molecule has 0 radical (unpaired) electrons. The minimum absolute atomic E-state index is 0.0238. The van der Waals surface area contributed by atoms with Crippen LogP contribution in [0.4, 0.5) is 0 Å². The van der Waals surface area contributed by atoms with Crippen molar-refractivity contribution in [3.63, 3.8) is 0 Å².